The molecule has 1 atom stereocenters. The van der Waals surface area contributed by atoms with Gasteiger partial charge in [0, 0.05) is 0 Å². The second kappa shape index (κ2) is 7.62. The van der Waals surface area contributed by atoms with Gasteiger partial charge in [0.1, 0.15) is 0 Å². The van der Waals surface area contributed by atoms with Gasteiger partial charge in [-0.05, 0) is 28.9 Å². The lowest BCUT2D eigenvalue weighted by atomic mass is 10.1. The molecular formula is C19H19P. The predicted octanol–water partition coefficient (Wildman–Crippen LogP) is 4.85. The van der Waals surface area contributed by atoms with Gasteiger partial charge < -0.3 is 0 Å². The maximum Gasteiger partial charge on any atom is -0.0184 e. The molecule has 0 aliphatic heterocycles. The number of benzene rings is 3. The number of hydrogen-bond donors (Lipinski definition) is 0. The van der Waals surface area contributed by atoms with Gasteiger partial charge in [0.05, 0.1) is 0 Å². The minimum Gasteiger partial charge on any atom is -0.105 e. The molecule has 20 heavy (non-hydrogen) atoms. The maximum atomic E-state index is 2.69. The summed E-state index contributed by atoms with van der Waals surface area (Å²) in [5.74, 6) is 0. The number of aryl methyl sites for hydroxylation is 1. The summed E-state index contributed by atoms with van der Waals surface area (Å²) in [6.07, 6.45) is 0. The largest absolute Gasteiger partial charge is 0.105 e. The molecule has 1 heteroatoms. The Morgan fingerprint density at radius 1 is 0.550 bits per heavy atom. The molecule has 0 saturated heterocycles. The Bertz CT molecular complexity index is 572. The third-order valence-corrected chi connectivity index (χ3v) is 3.72. The number of rotatable bonds is 1. The maximum absolute atomic E-state index is 2.69. The summed E-state index contributed by atoms with van der Waals surface area (Å²) in [7, 11) is 2.69. The van der Waals surface area contributed by atoms with Crippen LogP contribution in [0.2, 0.25) is 0 Å². The van der Waals surface area contributed by atoms with Crippen molar-refractivity contribution >= 4 is 14.5 Å². The Balaban J connectivity index is 0.000000160. The molecular weight excluding hydrogens is 259 g/mol. The van der Waals surface area contributed by atoms with Gasteiger partial charge in [-0.2, -0.15) is 0 Å². The highest BCUT2D eigenvalue weighted by Gasteiger charge is 1.91. The predicted molar refractivity (Wildman–Crippen MR) is 92.4 cm³/mol. The van der Waals surface area contributed by atoms with Crippen LogP contribution in [0.1, 0.15) is 5.56 Å². The van der Waals surface area contributed by atoms with Crippen LogP contribution in [0.15, 0.2) is 84.9 Å². The monoisotopic (exact) mass is 278 g/mol. The molecule has 0 heterocycles. The van der Waals surface area contributed by atoms with Gasteiger partial charge in [0.2, 0.25) is 0 Å². The molecule has 0 radical (unpaired) electrons. The van der Waals surface area contributed by atoms with Gasteiger partial charge >= 0.3 is 0 Å². The molecule has 0 spiro atoms. The van der Waals surface area contributed by atoms with E-state index in [9.17, 15) is 0 Å². The van der Waals surface area contributed by atoms with Crippen molar-refractivity contribution in [2.75, 3.05) is 0 Å². The number of hydrogen-bond acceptors (Lipinski definition) is 0. The van der Waals surface area contributed by atoms with Gasteiger partial charge in [0.25, 0.3) is 0 Å². The van der Waals surface area contributed by atoms with E-state index in [0.717, 1.165) is 0 Å². The summed E-state index contributed by atoms with van der Waals surface area (Å²) in [6, 6.07) is 29.0. The van der Waals surface area contributed by atoms with Gasteiger partial charge in [-0.15, -0.1) is 9.24 Å². The third kappa shape index (κ3) is 4.33. The Morgan fingerprint density at radius 3 is 1.30 bits per heavy atom. The van der Waals surface area contributed by atoms with Crippen LogP contribution in [0.5, 0.6) is 0 Å². The highest BCUT2D eigenvalue weighted by Crippen LogP contribution is 2.17. The molecule has 0 N–H and O–H groups in total. The second-order valence-electron chi connectivity index (χ2n) is 4.59. The van der Waals surface area contributed by atoms with Crippen LogP contribution in [-0.2, 0) is 0 Å². The Labute approximate surface area is 123 Å². The lowest BCUT2D eigenvalue weighted by molar-refractivity contribution is 1.52. The Kier molecular flexibility index (Phi) is 5.53. The van der Waals surface area contributed by atoms with E-state index in [-0.39, 0.29) is 0 Å². The van der Waals surface area contributed by atoms with Crippen LogP contribution in [0.4, 0.5) is 0 Å². The SMILES string of the molecule is Cc1ccccc1P.c1ccc(-c2ccccc2)cc1. The van der Waals surface area contributed by atoms with Gasteiger partial charge in [0.15, 0.2) is 0 Å². The van der Waals surface area contributed by atoms with E-state index in [2.05, 4.69) is 76.8 Å². The van der Waals surface area contributed by atoms with Crippen molar-refractivity contribution < 1.29 is 0 Å². The first-order valence-electron chi connectivity index (χ1n) is 6.69. The van der Waals surface area contributed by atoms with Crippen LogP contribution < -0.4 is 5.30 Å². The van der Waals surface area contributed by atoms with Crippen molar-refractivity contribution in [3.05, 3.63) is 90.5 Å². The molecule has 100 valence electrons. The summed E-state index contributed by atoms with van der Waals surface area (Å²) in [6.45, 7) is 2.10. The van der Waals surface area contributed by atoms with Crippen LogP contribution in [0.25, 0.3) is 11.1 Å². The summed E-state index contributed by atoms with van der Waals surface area (Å²) < 4.78 is 0. The summed E-state index contributed by atoms with van der Waals surface area (Å²) >= 11 is 0. The quantitative estimate of drug-likeness (QED) is 0.558. The zero-order chi connectivity index (χ0) is 14.2. The average Bonchev–Trinajstić information content (AvgIpc) is 2.53. The molecule has 0 nitrogen and oxygen atoms in total. The van der Waals surface area contributed by atoms with Gasteiger partial charge in [-0.3, -0.25) is 0 Å². The van der Waals surface area contributed by atoms with Crippen molar-refractivity contribution in [3.8, 4) is 11.1 Å². The fourth-order valence-electron chi connectivity index (χ4n) is 1.85. The normalized spacial score (nSPS) is 9.50. The Morgan fingerprint density at radius 2 is 0.950 bits per heavy atom. The minimum absolute atomic E-state index is 1.28. The van der Waals surface area contributed by atoms with E-state index in [1.807, 2.05) is 24.3 Å². The summed E-state index contributed by atoms with van der Waals surface area (Å²) in [4.78, 5) is 0. The Hall–Kier alpha value is -1.91. The molecule has 0 amide bonds. The van der Waals surface area contributed by atoms with Crippen LogP contribution in [0.3, 0.4) is 0 Å². The molecule has 0 aliphatic rings. The zero-order valence-corrected chi connectivity index (χ0v) is 12.8. The average molecular weight is 278 g/mol. The van der Waals surface area contributed by atoms with Crippen molar-refractivity contribution in [3.63, 3.8) is 0 Å². The van der Waals surface area contributed by atoms with Gasteiger partial charge in [-0.25, -0.2) is 0 Å². The van der Waals surface area contributed by atoms with Crippen LogP contribution in [-0.4, -0.2) is 0 Å². The fourth-order valence-corrected chi connectivity index (χ4v) is 2.06. The summed E-state index contributed by atoms with van der Waals surface area (Å²) in [5.41, 5.74) is 3.88. The van der Waals surface area contributed by atoms with Crippen molar-refractivity contribution in [1.29, 1.82) is 0 Å². The first-order valence-corrected chi connectivity index (χ1v) is 7.26. The lowest BCUT2D eigenvalue weighted by Gasteiger charge is -1.98. The van der Waals surface area contributed by atoms with E-state index in [4.69, 9.17) is 0 Å². The van der Waals surface area contributed by atoms with E-state index in [0.29, 0.717) is 0 Å². The van der Waals surface area contributed by atoms with Crippen LogP contribution in [0, 0.1) is 6.92 Å². The fraction of sp³-hybridized carbons (Fsp3) is 0.0526. The van der Waals surface area contributed by atoms with E-state index in [1.54, 1.807) is 0 Å². The van der Waals surface area contributed by atoms with Crippen molar-refractivity contribution in [1.82, 2.24) is 0 Å². The highest BCUT2D eigenvalue weighted by molar-refractivity contribution is 7.27. The van der Waals surface area contributed by atoms with Gasteiger partial charge in [-0.1, -0.05) is 84.9 Å². The molecule has 1 unspecified atom stereocenters. The molecule has 0 aliphatic carbocycles. The smallest absolute Gasteiger partial charge is 0.0184 e. The molecule has 3 aromatic rings. The molecule has 3 aromatic carbocycles. The van der Waals surface area contributed by atoms with Crippen molar-refractivity contribution in [2.45, 2.75) is 6.92 Å². The molecule has 0 bridgehead atoms. The summed E-state index contributed by atoms with van der Waals surface area (Å²) in [5, 5.41) is 1.28. The molecule has 0 saturated carbocycles. The minimum atomic E-state index is 1.28. The second-order valence-corrected chi connectivity index (χ2v) is 5.21. The molecule has 0 aromatic heterocycles. The first-order chi connectivity index (χ1) is 9.77. The van der Waals surface area contributed by atoms with E-state index < -0.39 is 0 Å². The lowest BCUT2D eigenvalue weighted by Crippen LogP contribution is -1.92. The van der Waals surface area contributed by atoms with E-state index >= 15 is 0 Å². The first kappa shape index (κ1) is 14.5. The van der Waals surface area contributed by atoms with E-state index in [1.165, 1.54) is 22.0 Å². The molecule has 3 rings (SSSR count). The standard InChI is InChI=1S/C12H10.C7H9P/c1-3-7-11(8-4-1)12-9-5-2-6-10-12;1-6-4-2-3-5-7(6)8/h1-10H;2-5H,8H2,1H3. The zero-order valence-electron chi connectivity index (χ0n) is 11.7. The molecule has 0 fully saturated rings. The topological polar surface area (TPSA) is 0 Å². The van der Waals surface area contributed by atoms with Crippen LogP contribution >= 0.6 is 9.24 Å². The van der Waals surface area contributed by atoms with Crippen molar-refractivity contribution in [2.24, 2.45) is 0 Å². The highest BCUT2D eigenvalue weighted by atomic mass is 31.0. The third-order valence-electron chi connectivity index (χ3n) is 3.07.